The van der Waals surface area contributed by atoms with Crippen molar-refractivity contribution >= 4 is 5.91 Å². The number of ether oxygens (including phenoxy) is 2. The van der Waals surface area contributed by atoms with Gasteiger partial charge in [0.2, 0.25) is 5.91 Å². The van der Waals surface area contributed by atoms with E-state index in [4.69, 9.17) is 9.47 Å². The highest BCUT2D eigenvalue weighted by atomic mass is 16.5. The molecule has 0 N–H and O–H groups in total. The molecule has 1 saturated carbocycles. The normalized spacial score (nSPS) is 33.1. The van der Waals surface area contributed by atoms with Gasteiger partial charge in [-0.1, -0.05) is 6.42 Å². The Bertz CT molecular complexity index is 397. The molecule has 2 atom stereocenters. The number of rotatable bonds is 5. The van der Waals surface area contributed by atoms with Crippen LogP contribution in [0.2, 0.25) is 0 Å². The minimum Gasteiger partial charge on any atom is -0.377 e. The molecule has 0 aromatic heterocycles. The van der Waals surface area contributed by atoms with E-state index in [1.807, 2.05) is 0 Å². The molecule has 0 unspecified atom stereocenters. The maximum absolute atomic E-state index is 11.7. The first-order valence-electron chi connectivity index (χ1n) is 8.74. The summed E-state index contributed by atoms with van der Waals surface area (Å²) in [5.41, 5.74) is 0.0959. The summed E-state index contributed by atoms with van der Waals surface area (Å²) < 4.78 is 11.9. The van der Waals surface area contributed by atoms with E-state index in [9.17, 15) is 4.79 Å². The second-order valence-corrected chi connectivity index (χ2v) is 7.45. The van der Waals surface area contributed by atoms with Gasteiger partial charge in [0.25, 0.3) is 0 Å². The Balaban J connectivity index is 1.60. The third-order valence-electron chi connectivity index (χ3n) is 5.72. The van der Waals surface area contributed by atoms with E-state index in [1.54, 1.807) is 19.0 Å². The molecular weight excluding hydrogens is 280 g/mol. The molecule has 0 aromatic carbocycles. The third-order valence-corrected chi connectivity index (χ3v) is 5.72. The minimum absolute atomic E-state index is 0.0383. The molecule has 0 aromatic rings. The average molecular weight is 310 g/mol. The minimum atomic E-state index is 0.0383. The highest BCUT2D eigenvalue weighted by Crippen LogP contribution is 2.42. The van der Waals surface area contributed by atoms with Gasteiger partial charge in [-0.05, 0) is 32.1 Å². The van der Waals surface area contributed by atoms with Crippen molar-refractivity contribution in [3.8, 4) is 0 Å². The summed E-state index contributed by atoms with van der Waals surface area (Å²) >= 11 is 0. The fraction of sp³-hybridized carbons (Fsp3) is 0.941. The first kappa shape index (κ1) is 16.2. The number of carbonyl (C=O) groups excluding carboxylic acids is 1. The predicted octanol–water partition coefficient (Wildman–Crippen LogP) is 1.51. The molecule has 22 heavy (non-hydrogen) atoms. The van der Waals surface area contributed by atoms with Gasteiger partial charge in [0.15, 0.2) is 0 Å². The molecule has 0 bridgehead atoms. The number of nitrogens with zero attached hydrogens (tertiary/aromatic N) is 2. The van der Waals surface area contributed by atoms with Gasteiger partial charge >= 0.3 is 0 Å². The summed E-state index contributed by atoms with van der Waals surface area (Å²) in [5.74, 6) is 0.0383. The first-order valence-corrected chi connectivity index (χ1v) is 8.74. The van der Waals surface area contributed by atoms with Crippen molar-refractivity contribution in [2.24, 2.45) is 5.41 Å². The van der Waals surface area contributed by atoms with E-state index < -0.39 is 0 Å². The molecule has 3 fully saturated rings. The Hall–Kier alpha value is -0.650. The molecule has 5 nitrogen and oxygen atoms in total. The number of hydrogen-bond donors (Lipinski definition) is 0. The third kappa shape index (κ3) is 3.31. The lowest BCUT2D eigenvalue weighted by atomic mass is 9.72. The van der Waals surface area contributed by atoms with E-state index in [2.05, 4.69) is 4.90 Å². The maximum atomic E-state index is 11.7. The Kier molecular flexibility index (Phi) is 5.05. The molecule has 2 heterocycles. The van der Waals surface area contributed by atoms with Gasteiger partial charge in [0.05, 0.1) is 12.7 Å². The molecule has 2 saturated heterocycles. The average Bonchev–Trinajstić information content (AvgIpc) is 2.45. The van der Waals surface area contributed by atoms with Gasteiger partial charge in [-0.2, -0.15) is 0 Å². The van der Waals surface area contributed by atoms with Gasteiger partial charge in [0.1, 0.15) is 6.61 Å². The van der Waals surface area contributed by atoms with Crippen LogP contribution in [-0.4, -0.2) is 74.9 Å². The van der Waals surface area contributed by atoms with Crippen LogP contribution in [0.3, 0.4) is 0 Å². The van der Waals surface area contributed by atoms with Crippen LogP contribution in [0.5, 0.6) is 0 Å². The first-order chi connectivity index (χ1) is 10.6. The van der Waals surface area contributed by atoms with Gasteiger partial charge in [0, 0.05) is 45.2 Å². The summed E-state index contributed by atoms with van der Waals surface area (Å²) in [5, 5.41) is 0. The number of likely N-dealkylation sites (N-methyl/N-ethyl adjacent to an activating group) is 1. The zero-order valence-electron chi connectivity index (χ0n) is 14.1. The zero-order valence-corrected chi connectivity index (χ0v) is 14.1. The lowest BCUT2D eigenvalue weighted by Gasteiger charge is -2.53. The second-order valence-electron chi connectivity index (χ2n) is 7.45. The number of piperidine rings is 1. The summed E-state index contributed by atoms with van der Waals surface area (Å²) in [4.78, 5) is 16.0. The van der Waals surface area contributed by atoms with Crippen molar-refractivity contribution in [3.05, 3.63) is 0 Å². The van der Waals surface area contributed by atoms with Gasteiger partial charge in [-0.25, -0.2) is 0 Å². The van der Waals surface area contributed by atoms with E-state index in [-0.39, 0.29) is 17.9 Å². The fourth-order valence-corrected chi connectivity index (χ4v) is 4.07. The van der Waals surface area contributed by atoms with Crippen LogP contribution in [0.25, 0.3) is 0 Å². The van der Waals surface area contributed by atoms with Crippen molar-refractivity contribution in [3.63, 3.8) is 0 Å². The highest BCUT2D eigenvalue weighted by Gasteiger charge is 2.47. The van der Waals surface area contributed by atoms with Crippen molar-refractivity contribution in [2.45, 2.75) is 50.7 Å². The molecule has 0 spiro atoms. The SMILES string of the molecule is CN(C)C(=O)COC[C@@]12CCCO[C@@H]1CCN(C1CCC1)C2. The summed E-state index contributed by atoms with van der Waals surface area (Å²) in [6.07, 6.45) is 7.77. The highest BCUT2D eigenvalue weighted by molar-refractivity contribution is 5.76. The molecule has 1 aliphatic carbocycles. The van der Waals surface area contributed by atoms with Crippen molar-refractivity contribution in [1.82, 2.24) is 9.80 Å². The second kappa shape index (κ2) is 6.85. The Morgan fingerprint density at radius 1 is 1.32 bits per heavy atom. The number of likely N-dealkylation sites (tertiary alicyclic amines) is 1. The number of amides is 1. The monoisotopic (exact) mass is 310 g/mol. The number of hydrogen-bond acceptors (Lipinski definition) is 4. The zero-order chi connectivity index (χ0) is 15.6. The van der Waals surface area contributed by atoms with Crippen molar-refractivity contribution in [2.75, 3.05) is 47.0 Å². The van der Waals surface area contributed by atoms with Crippen molar-refractivity contribution < 1.29 is 14.3 Å². The van der Waals surface area contributed by atoms with E-state index in [1.165, 1.54) is 19.3 Å². The Labute approximate surface area is 133 Å². The van der Waals surface area contributed by atoms with E-state index >= 15 is 0 Å². The molecule has 126 valence electrons. The largest absolute Gasteiger partial charge is 0.377 e. The molecular formula is C17H30N2O3. The van der Waals surface area contributed by atoms with E-state index in [0.29, 0.717) is 12.7 Å². The fourth-order valence-electron chi connectivity index (χ4n) is 4.07. The molecule has 1 amide bonds. The van der Waals surface area contributed by atoms with Crippen molar-refractivity contribution in [1.29, 1.82) is 0 Å². The number of fused-ring (bicyclic) bond motifs is 1. The lowest BCUT2D eigenvalue weighted by molar-refractivity contribution is -0.165. The van der Waals surface area contributed by atoms with Gasteiger partial charge < -0.3 is 14.4 Å². The lowest BCUT2D eigenvalue weighted by Crippen LogP contribution is -2.59. The van der Waals surface area contributed by atoms with Crippen LogP contribution < -0.4 is 0 Å². The van der Waals surface area contributed by atoms with Crippen LogP contribution >= 0.6 is 0 Å². The summed E-state index contributed by atoms with van der Waals surface area (Å²) in [6.45, 7) is 3.96. The van der Waals surface area contributed by atoms with Crippen LogP contribution in [0.15, 0.2) is 0 Å². The topological polar surface area (TPSA) is 42.0 Å². The Morgan fingerprint density at radius 3 is 2.82 bits per heavy atom. The van der Waals surface area contributed by atoms with Crippen LogP contribution in [-0.2, 0) is 14.3 Å². The van der Waals surface area contributed by atoms with E-state index in [0.717, 1.165) is 45.0 Å². The smallest absolute Gasteiger partial charge is 0.248 e. The van der Waals surface area contributed by atoms with Crippen LogP contribution in [0.1, 0.15) is 38.5 Å². The molecule has 5 heteroatoms. The number of carbonyl (C=O) groups is 1. The maximum Gasteiger partial charge on any atom is 0.248 e. The molecule has 2 aliphatic heterocycles. The summed E-state index contributed by atoms with van der Waals surface area (Å²) in [6, 6.07) is 0.781. The predicted molar refractivity (Wildman–Crippen MR) is 84.7 cm³/mol. The van der Waals surface area contributed by atoms with Gasteiger partial charge in [-0.15, -0.1) is 0 Å². The molecule has 0 radical (unpaired) electrons. The molecule has 3 rings (SSSR count). The summed E-state index contributed by atoms with van der Waals surface area (Å²) in [7, 11) is 3.55. The quantitative estimate of drug-likeness (QED) is 0.772. The van der Waals surface area contributed by atoms with Gasteiger partial charge in [-0.3, -0.25) is 9.69 Å². The van der Waals surface area contributed by atoms with Crippen LogP contribution in [0.4, 0.5) is 0 Å². The Morgan fingerprint density at radius 2 is 2.14 bits per heavy atom. The standard InChI is InChI=1S/C17H30N2O3/c1-18(2)16(20)11-21-13-17-8-4-10-22-15(17)7-9-19(12-17)14-5-3-6-14/h14-15H,3-13H2,1-2H3/t15-,17+/m1/s1. The van der Waals surface area contributed by atoms with Crippen LogP contribution in [0, 0.1) is 5.41 Å². The molecule has 3 aliphatic rings.